The van der Waals surface area contributed by atoms with Gasteiger partial charge in [-0.2, -0.15) is 0 Å². The van der Waals surface area contributed by atoms with Gasteiger partial charge in [0, 0.05) is 16.6 Å². The molecule has 0 saturated carbocycles. The van der Waals surface area contributed by atoms with Crippen molar-refractivity contribution >= 4 is 16.9 Å². The van der Waals surface area contributed by atoms with Crippen LogP contribution in [0.15, 0.2) is 12.1 Å². The Morgan fingerprint density at radius 2 is 2.06 bits per heavy atom. The Bertz CT molecular complexity index is 569. The molecule has 0 unspecified atom stereocenters. The molecular formula is C12H13NO3. The first-order valence-corrected chi connectivity index (χ1v) is 4.94. The summed E-state index contributed by atoms with van der Waals surface area (Å²) < 4.78 is 5.19. The lowest BCUT2D eigenvalue weighted by Crippen LogP contribution is -1.97. The fourth-order valence-electron chi connectivity index (χ4n) is 1.96. The van der Waals surface area contributed by atoms with E-state index >= 15 is 0 Å². The molecule has 0 saturated heterocycles. The van der Waals surface area contributed by atoms with E-state index < -0.39 is 5.97 Å². The monoisotopic (exact) mass is 219 g/mol. The third-order valence-corrected chi connectivity index (χ3v) is 2.72. The van der Waals surface area contributed by atoms with Gasteiger partial charge in [-0.25, -0.2) is 4.79 Å². The van der Waals surface area contributed by atoms with Crippen LogP contribution in [0.25, 0.3) is 10.9 Å². The Labute approximate surface area is 92.9 Å². The van der Waals surface area contributed by atoms with Crippen LogP contribution in [-0.2, 0) is 0 Å². The van der Waals surface area contributed by atoms with Crippen LogP contribution < -0.4 is 4.74 Å². The molecule has 16 heavy (non-hydrogen) atoms. The molecule has 4 heteroatoms. The number of aromatic amines is 1. The molecule has 0 fully saturated rings. The molecular weight excluding hydrogens is 206 g/mol. The molecule has 4 nitrogen and oxygen atoms in total. The minimum Gasteiger partial charge on any atom is -0.496 e. The third-order valence-electron chi connectivity index (χ3n) is 2.72. The number of nitrogens with one attached hydrogen (secondary N) is 1. The molecule has 0 radical (unpaired) electrons. The number of hydrogen-bond acceptors (Lipinski definition) is 2. The number of aromatic carboxylic acids is 1. The fourth-order valence-corrected chi connectivity index (χ4v) is 1.96. The van der Waals surface area contributed by atoms with E-state index in [0.29, 0.717) is 22.4 Å². The van der Waals surface area contributed by atoms with Crippen molar-refractivity contribution in [3.8, 4) is 5.75 Å². The van der Waals surface area contributed by atoms with Gasteiger partial charge in [0.05, 0.1) is 12.7 Å². The van der Waals surface area contributed by atoms with Crippen LogP contribution in [0.5, 0.6) is 5.75 Å². The molecule has 2 rings (SSSR count). The summed E-state index contributed by atoms with van der Waals surface area (Å²) >= 11 is 0. The molecule has 1 aromatic heterocycles. The van der Waals surface area contributed by atoms with Crippen LogP contribution in [0, 0.1) is 13.8 Å². The summed E-state index contributed by atoms with van der Waals surface area (Å²) in [5.74, 6) is -0.219. The highest BCUT2D eigenvalue weighted by Crippen LogP contribution is 2.29. The zero-order valence-corrected chi connectivity index (χ0v) is 9.42. The Kier molecular flexibility index (Phi) is 2.34. The molecule has 1 aromatic carbocycles. The van der Waals surface area contributed by atoms with E-state index in [9.17, 15) is 4.79 Å². The molecule has 2 aromatic rings. The standard InChI is InChI=1S/C12H13NO3/c1-6-4-9-8(5-10(6)16-3)11(12(14)15)7(2)13-9/h4-5,13H,1-3H3,(H,14,15). The number of ether oxygens (including phenoxy) is 1. The number of hydrogen-bond donors (Lipinski definition) is 2. The zero-order valence-electron chi connectivity index (χ0n) is 9.42. The maximum Gasteiger partial charge on any atom is 0.338 e. The Morgan fingerprint density at radius 1 is 1.38 bits per heavy atom. The fraction of sp³-hybridized carbons (Fsp3) is 0.250. The van der Waals surface area contributed by atoms with Crippen molar-refractivity contribution in [2.45, 2.75) is 13.8 Å². The highest BCUT2D eigenvalue weighted by Gasteiger charge is 2.16. The van der Waals surface area contributed by atoms with E-state index in [2.05, 4.69) is 4.98 Å². The predicted octanol–water partition coefficient (Wildman–Crippen LogP) is 2.49. The normalized spacial score (nSPS) is 10.7. The number of methoxy groups -OCH3 is 1. The number of fused-ring (bicyclic) bond motifs is 1. The average molecular weight is 219 g/mol. The number of carbonyl (C=O) groups is 1. The highest BCUT2D eigenvalue weighted by atomic mass is 16.5. The molecule has 0 aliphatic carbocycles. The highest BCUT2D eigenvalue weighted by molar-refractivity contribution is 6.05. The number of aryl methyl sites for hydroxylation is 2. The summed E-state index contributed by atoms with van der Waals surface area (Å²) in [5.41, 5.74) is 2.78. The number of rotatable bonds is 2. The van der Waals surface area contributed by atoms with Crippen LogP contribution in [0.3, 0.4) is 0 Å². The summed E-state index contributed by atoms with van der Waals surface area (Å²) in [7, 11) is 1.58. The lowest BCUT2D eigenvalue weighted by Gasteiger charge is -2.04. The minimum absolute atomic E-state index is 0.313. The zero-order chi connectivity index (χ0) is 11.9. The molecule has 0 aliphatic rings. The second-order valence-corrected chi connectivity index (χ2v) is 3.80. The summed E-state index contributed by atoms with van der Waals surface area (Å²) in [6.07, 6.45) is 0. The molecule has 1 heterocycles. The van der Waals surface area contributed by atoms with Crippen molar-refractivity contribution in [2.24, 2.45) is 0 Å². The van der Waals surface area contributed by atoms with Crippen LogP contribution in [0.2, 0.25) is 0 Å². The number of benzene rings is 1. The molecule has 0 bridgehead atoms. The van der Waals surface area contributed by atoms with E-state index in [1.54, 1.807) is 20.1 Å². The van der Waals surface area contributed by atoms with Gasteiger partial charge in [0.1, 0.15) is 5.75 Å². The molecule has 84 valence electrons. The van der Waals surface area contributed by atoms with Crippen LogP contribution in [0.4, 0.5) is 0 Å². The minimum atomic E-state index is -0.922. The second kappa shape index (κ2) is 3.56. The molecule has 2 N–H and O–H groups in total. The van der Waals surface area contributed by atoms with Gasteiger partial charge in [0.15, 0.2) is 0 Å². The first-order valence-electron chi connectivity index (χ1n) is 4.94. The molecule has 0 aliphatic heterocycles. The van der Waals surface area contributed by atoms with Crippen molar-refractivity contribution in [3.63, 3.8) is 0 Å². The van der Waals surface area contributed by atoms with Gasteiger partial charge in [-0.15, -0.1) is 0 Å². The number of carboxylic acid groups (broad SMARTS) is 1. The SMILES string of the molecule is COc1cc2c(C(=O)O)c(C)[nH]c2cc1C. The Morgan fingerprint density at radius 3 is 2.62 bits per heavy atom. The number of H-pyrrole nitrogens is 1. The first kappa shape index (κ1) is 10.5. The van der Waals surface area contributed by atoms with Gasteiger partial charge in [-0.3, -0.25) is 0 Å². The van der Waals surface area contributed by atoms with E-state index in [1.165, 1.54) is 0 Å². The van der Waals surface area contributed by atoms with E-state index in [1.807, 2.05) is 13.0 Å². The Hall–Kier alpha value is -1.97. The van der Waals surface area contributed by atoms with Crippen LogP contribution >= 0.6 is 0 Å². The van der Waals surface area contributed by atoms with Crippen molar-refractivity contribution in [3.05, 3.63) is 29.0 Å². The summed E-state index contributed by atoms with van der Waals surface area (Å²) in [6.45, 7) is 3.68. The number of carboxylic acids is 1. The molecule has 0 atom stereocenters. The van der Waals surface area contributed by atoms with Gasteiger partial charge in [0.2, 0.25) is 0 Å². The van der Waals surface area contributed by atoms with Crippen LogP contribution in [0.1, 0.15) is 21.6 Å². The topological polar surface area (TPSA) is 62.3 Å². The Balaban J connectivity index is 2.82. The number of aromatic nitrogens is 1. The van der Waals surface area contributed by atoms with Gasteiger partial charge < -0.3 is 14.8 Å². The van der Waals surface area contributed by atoms with E-state index in [4.69, 9.17) is 9.84 Å². The van der Waals surface area contributed by atoms with Gasteiger partial charge in [-0.05, 0) is 31.5 Å². The van der Waals surface area contributed by atoms with Crippen molar-refractivity contribution in [1.29, 1.82) is 0 Å². The second-order valence-electron chi connectivity index (χ2n) is 3.80. The maximum absolute atomic E-state index is 11.1. The quantitative estimate of drug-likeness (QED) is 0.815. The smallest absolute Gasteiger partial charge is 0.338 e. The lowest BCUT2D eigenvalue weighted by atomic mass is 10.1. The summed E-state index contributed by atoms with van der Waals surface area (Å²) in [5, 5.41) is 9.81. The largest absolute Gasteiger partial charge is 0.496 e. The van der Waals surface area contributed by atoms with Gasteiger partial charge >= 0.3 is 5.97 Å². The summed E-state index contributed by atoms with van der Waals surface area (Å²) in [4.78, 5) is 14.2. The predicted molar refractivity (Wildman–Crippen MR) is 61.3 cm³/mol. The molecule has 0 spiro atoms. The summed E-state index contributed by atoms with van der Waals surface area (Å²) in [6, 6.07) is 3.66. The van der Waals surface area contributed by atoms with E-state index in [-0.39, 0.29) is 0 Å². The van der Waals surface area contributed by atoms with Crippen LogP contribution in [-0.4, -0.2) is 23.2 Å². The van der Waals surface area contributed by atoms with Crippen molar-refractivity contribution < 1.29 is 14.6 Å². The first-order chi connectivity index (χ1) is 7.54. The third kappa shape index (κ3) is 1.43. The average Bonchev–Trinajstić information content (AvgIpc) is 2.51. The van der Waals surface area contributed by atoms with Gasteiger partial charge in [-0.1, -0.05) is 0 Å². The lowest BCUT2D eigenvalue weighted by molar-refractivity contribution is 0.0698. The molecule has 0 amide bonds. The van der Waals surface area contributed by atoms with E-state index in [0.717, 1.165) is 11.1 Å². The van der Waals surface area contributed by atoms with Crippen molar-refractivity contribution in [2.75, 3.05) is 7.11 Å². The maximum atomic E-state index is 11.1. The van der Waals surface area contributed by atoms with Crippen molar-refractivity contribution in [1.82, 2.24) is 4.98 Å². The van der Waals surface area contributed by atoms with Gasteiger partial charge in [0.25, 0.3) is 0 Å².